The number of hydrogen-bond acceptors (Lipinski definition) is 2. The van der Waals surface area contributed by atoms with Gasteiger partial charge < -0.3 is 5.32 Å². The highest BCUT2D eigenvalue weighted by molar-refractivity contribution is 6.13. The van der Waals surface area contributed by atoms with Crippen LogP contribution in [0.3, 0.4) is 0 Å². The molecule has 1 aromatic heterocycles. The van der Waals surface area contributed by atoms with Gasteiger partial charge in [0.1, 0.15) is 5.82 Å². The summed E-state index contributed by atoms with van der Waals surface area (Å²) < 4.78 is 0. The summed E-state index contributed by atoms with van der Waals surface area (Å²) in [6, 6.07) is 13.1. The van der Waals surface area contributed by atoms with Gasteiger partial charge in [-0.05, 0) is 37.3 Å². The maximum absolute atomic E-state index is 4.98. The average Bonchev–Trinajstić information content (AvgIpc) is 2.52. The molecule has 1 aliphatic carbocycles. The number of nitrogens with one attached hydrogen (secondary N) is 1. The van der Waals surface area contributed by atoms with Crippen LogP contribution in [0.15, 0.2) is 48.6 Å². The first-order valence-electron chi connectivity index (χ1n) is 7.85. The summed E-state index contributed by atoms with van der Waals surface area (Å²) >= 11 is 0. The highest BCUT2D eigenvalue weighted by Crippen LogP contribution is 2.54. The van der Waals surface area contributed by atoms with Crippen LogP contribution in [-0.2, 0) is 5.41 Å². The molecule has 0 bridgehead atoms. The summed E-state index contributed by atoms with van der Waals surface area (Å²) in [6.07, 6.45) is 4.58. The Bertz CT molecular complexity index is 1000. The molecule has 2 unspecified atom stereocenters. The molecule has 2 heterocycles. The van der Waals surface area contributed by atoms with Gasteiger partial charge in [0, 0.05) is 16.2 Å². The summed E-state index contributed by atoms with van der Waals surface area (Å²) in [5.74, 6) is 1.02. The molecule has 0 saturated carbocycles. The molecular weight excluding hydrogens is 268 g/mol. The van der Waals surface area contributed by atoms with Crippen molar-refractivity contribution < 1.29 is 0 Å². The Balaban J connectivity index is 2.03. The van der Waals surface area contributed by atoms with Gasteiger partial charge in [-0.1, -0.05) is 48.6 Å². The third-order valence-electron chi connectivity index (χ3n) is 5.82. The van der Waals surface area contributed by atoms with E-state index in [4.69, 9.17) is 4.98 Å². The Morgan fingerprint density at radius 1 is 0.955 bits per heavy atom. The first-order chi connectivity index (χ1) is 10.5. The van der Waals surface area contributed by atoms with E-state index in [2.05, 4.69) is 74.6 Å². The minimum atomic E-state index is -0.0440. The Morgan fingerprint density at radius 2 is 1.73 bits per heavy atom. The highest BCUT2D eigenvalue weighted by Gasteiger charge is 2.52. The molecule has 1 aliphatic heterocycles. The predicted molar refractivity (Wildman–Crippen MR) is 92.5 cm³/mol. The van der Waals surface area contributed by atoms with Gasteiger partial charge in [-0.2, -0.15) is 0 Å². The van der Waals surface area contributed by atoms with Gasteiger partial charge in [-0.3, -0.25) is 0 Å². The van der Waals surface area contributed by atoms with Crippen molar-refractivity contribution in [3.05, 3.63) is 59.7 Å². The Kier molecular flexibility index (Phi) is 1.95. The number of hydrogen-bond donors (Lipinski definition) is 1. The van der Waals surface area contributed by atoms with Crippen molar-refractivity contribution in [2.24, 2.45) is 0 Å². The molecular formula is C20H18N2. The lowest BCUT2D eigenvalue weighted by Gasteiger charge is -2.54. The molecule has 0 spiro atoms. The Hall–Kier alpha value is -2.35. The Morgan fingerprint density at radius 3 is 2.50 bits per heavy atom. The van der Waals surface area contributed by atoms with E-state index in [1.165, 1.54) is 27.3 Å². The summed E-state index contributed by atoms with van der Waals surface area (Å²) in [6.45, 7) is 6.71. The quantitative estimate of drug-likeness (QED) is 0.478. The average molecular weight is 286 g/mol. The maximum atomic E-state index is 4.98. The zero-order valence-corrected chi connectivity index (χ0v) is 13.1. The lowest BCUT2D eigenvalue weighted by Crippen LogP contribution is -2.58. The summed E-state index contributed by atoms with van der Waals surface area (Å²) in [7, 11) is 0. The number of anilines is 1. The number of pyridine rings is 1. The molecule has 2 aromatic carbocycles. The van der Waals surface area contributed by atoms with Gasteiger partial charge in [0.25, 0.3) is 0 Å². The summed E-state index contributed by atoms with van der Waals surface area (Å²) in [5, 5.41) is 7.53. The molecule has 0 fully saturated rings. The van der Waals surface area contributed by atoms with E-state index in [1.54, 1.807) is 0 Å². The van der Waals surface area contributed by atoms with Crippen LogP contribution in [0.4, 0.5) is 5.82 Å². The molecule has 0 radical (unpaired) electrons. The van der Waals surface area contributed by atoms with Crippen molar-refractivity contribution >= 4 is 27.5 Å². The van der Waals surface area contributed by atoms with Crippen LogP contribution in [0, 0.1) is 6.92 Å². The van der Waals surface area contributed by atoms with E-state index < -0.39 is 0 Å². The van der Waals surface area contributed by atoms with Crippen molar-refractivity contribution in [1.82, 2.24) is 4.98 Å². The fourth-order valence-electron chi connectivity index (χ4n) is 4.12. The molecule has 108 valence electrons. The van der Waals surface area contributed by atoms with Crippen molar-refractivity contribution in [2.75, 3.05) is 5.32 Å². The van der Waals surface area contributed by atoms with Crippen molar-refractivity contribution in [3.8, 4) is 0 Å². The van der Waals surface area contributed by atoms with Crippen LogP contribution < -0.4 is 5.32 Å². The third kappa shape index (κ3) is 1.17. The number of fused-ring (bicyclic) bond motifs is 4. The van der Waals surface area contributed by atoms with Gasteiger partial charge in [0.15, 0.2) is 0 Å². The van der Waals surface area contributed by atoms with Crippen LogP contribution in [0.1, 0.15) is 25.0 Å². The fourth-order valence-corrected chi connectivity index (χ4v) is 4.12. The maximum Gasteiger partial charge on any atom is 0.135 e. The number of aromatic nitrogens is 1. The van der Waals surface area contributed by atoms with E-state index in [9.17, 15) is 0 Å². The molecule has 1 N–H and O–H groups in total. The highest BCUT2D eigenvalue weighted by atomic mass is 15.1. The summed E-state index contributed by atoms with van der Waals surface area (Å²) in [4.78, 5) is 4.98. The number of para-hydroxylation sites is 1. The van der Waals surface area contributed by atoms with Crippen molar-refractivity contribution in [3.63, 3.8) is 0 Å². The van der Waals surface area contributed by atoms with Crippen LogP contribution in [0.25, 0.3) is 21.7 Å². The zero-order valence-electron chi connectivity index (χ0n) is 13.1. The fraction of sp³-hybridized carbons (Fsp3) is 0.250. The number of nitrogens with zero attached hydrogens (tertiary/aromatic N) is 1. The van der Waals surface area contributed by atoms with E-state index in [1.807, 2.05) is 0 Å². The van der Waals surface area contributed by atoms with Crippen LogP contribution in [0.5, 0.6) is 0 Å². The number of benzene rings is 2. The second kappa shape index (κ2) is 3.52. The monoisotopic (exact) mass is 286 g/mol. The standard InChI is InChI=1S/C20H18N2/c1-12-6-4-8-14-13-7-5-9-15-16(13)18(21-17(12)14)22-20(3)11-10-19(15,20)2/h4-11H,1-3H3,(H,21,22). The van der Waals surface area contributed by atoms with Crippen LogP contribution in [-0.4, -0.2) is 10.5 Å². The van der Waals surface area contributed by atoms with Gasteiger partial charge in [0.05, 0.1) is 11.1 Å². The second-order valence-corrected chi connectivity index (χ2v) is 7.02. The third-order valence-corrected chi connectivity index (χ3v) is 5.82. The minimum absolute atomic E-state index is 0.0404. The van der Waals surface area contributed by atoms with Crippen molar-refractivity contribution in [2.45, 2.75) is 31.7 Å². The summed E-state index contributed by atoms with van der Waals surface area (Å²) in [5.41, 5.74) is 3.71. The molecule has 3 aromatic rings. The Labute approximate surface area is 129 Å². The molecule has 5 rings (SSSR count). The number of aryl methyl sites for hydroxylation is 1. The lowest BCUT2D eigenvalue weighted by molar-refractivity contribution is 0.367. The van der Waals surface area contributed by atoms with Gasteiger partial charge >= 0.3 is 0 Å². The SMILES string of the molecule is Cc1cccc2c1nc1c3c(cccc32)C2(C)C=CC2(C)N1. The minimum Gasteiger partial charge on any atom is -0.360 e. The molecule has 2 aliphatic rings. The van der Waals surface area contributed by atoms with E-state index in [-0.39, 0.29) is 11.0 Å². The molecule has 2 atom stereocenters. The van der Waals surface area contributed by atoms with E-state index >= 15 is 0 Å². The smallest absolute Gasteiger partial charge is 0.135 e. The first-order valence-corrected chi connectivity index (χ1v) is 7.85. The largest absolute Gasteiger partial charge is 0.360 e. The zero-order chi connectivity index (χ0) is 15.1. The van der Waals surface area contributed by atoms with E-state index in [0.29, 0.717) is 0 Å². The van der Waals surface area contributed by atoms with Gasteiger partial charge in [-0.15, -0.1) is 0 Å². The molecule has 0 amide bonds. The molecule has 0 saturated heterocycles. The topological polar surface area (TPSA) is 24.9 Å². The van der Waals surface area contributed by atoms with Crippen LogP contribution in [0.2, 0.25) is 0 Å². The molecule has 2 heteroatoms. The van der Waals surface area contributed by atoms with Crippen molar-refractivity contribution in [1.29, 1.82) is 0 Å². The molecule has 22 heavy (non-hydrogen) atoms. The van der Waals surface area contributed by atoms with Gasteiger partial charge in [0.2, 0.25) is 0 Å². The first kappa shape index (κ1) is 12.2. The molecule has 2 nitrogen and oxygen atoms in total. The van der Waals surface area contributed by atoms with E-state index in [0.717, 1.165) is 11.3 Å². The van der Waals surface area contributed by atoms with Gasteiger partial charge in [-0.25, -0.2) is 4.98 Å². The lowest BCUT2D eigenvalue weighted by atomic mass is 9.57. The predicted octanol–water partition coefficient (Wildman–Crippen LogP) is 4.71. The second-order valence-electron chi connectivity index (χ2n) is 7.02. The normalized spacial score (nSPS) is 28.3. The van der Waals surface area contributed by atoms with Crippen LogP contribution >= 0.6 is 0 Å². The number of rotatable bonds is 0.